The highest BCUT2D eigenvalue weighted by Gasteiger charge is 1.94. The minimum absolute atomic E-state index is 0.307. The molecule has 0 atom stereocenters. The van der Waals surface area contributed by atoms with E-state index in [0.717, 1.165) is 6.08 Å². The van der Waals surface area contributed by atoms with Crippen molar-refractivity contribution < 1.29 is 9.59 Å². The molecule has 0 radical (unpaired) electrons. The number of carbonyl (C=O) groups is 2. The monoisotopic (exact) mass is 235 g/mol. The standard InChI is InChI=1S/C10H9NO2.2C2H6/c12-8-4-7-10(13)11-9-5-2-1-3-6-9;2*1-2/h1-8H,(H,11,13);2*1-2H3/b7-4-;;. The fourth-order valence-electron chi connectivity index (χ4n) is 0.832. The number of carbonyl (C=O) groups excluding carboxylic acids is 2. The quantitative estimate of drug-likeness (QED) is 0.644. The second kappa shape index (κ2) is 14.1. The number of allylic oxidation sites excluding steroid dienone is 1. The fraction of sp³-hybridized carbons (Fsp3) is 0.286. The summed E-state index contributed by atoms with van der Waals surface area (Å²) in [5, 5.41) is 2.59. The topological polar surface area (TPSA) is 46.2 Å². The number of para-hydroxylation sites is 1. The molecule has 0 fully saturated rings. The summed E-state index contributed by atoms with van der Waals surface area (Å²) in [5.74, 6) is -0.307. The van der Waals surface area contributed by atoms with E-state index in [0.29, 0.717) is 12.0 Å². The molecule has 0 spiro atoms. The van der Waals surface area contributed by atoms with Gasteiger partial charge in [-0.25, -0.2) is 0 Å². The van der Waals surface area contributed by atoms with Gasteiger partial charge in [0.1, 0.15) is 6.29 Å². The Labute approximate surface area is 104 Å². The molecule has 3 nitrogen and oxygen atoms in total. The average molecular weight is 235 g/mol. The molecule has 1 N–H and O–H groups in total. The van der Waals surface area contributed by atoms with Crippen LogP contribution in [0.25, 0.3) is 0 Å². The Hall–Kier alpha value is -1.90. The number of rotatable bonds is 3. The molecule has 1 amide bonds. The highest BCUT2D eigenvalue weighted by atomic mass is 16.1. The van der Waals surface area contributed by atoms with Crippen LogP contribution in [0.5, 0.6) is 0 Å². The van der Waals surface area contributed by atoms with Crippen LogP contribution in [0.4, 0.5) is 5.69 Å². The Morgan fingerprint density at radius 1 is 1.06 bits per heavy atom. The zero-order valence-electron chi connectivity index (χ0n) is 10.9. The molecule has 0 heterocycles. The Balaban J connectivity index is 0. The second-order valence-corrected chi connectivity index (χ2v) is 2.35. The number of hydrogen-bond donors (Lipinski definition) is 1. The Bertz CT molecular complexity index is 318. The number of anilines is 1. The van der Waals surface area contributed by atoms with Gasteiger partial charge < -0.3 is 5.32 Å². The van der Waals surface area contributed by atoms with Crippen LogP contribution in [0.1, 0.15) is 27.7 Å². The van der Waals surface area contributed by atoms with E-state index in [1.54, 1.807) is 12.1 Å². The van der Waals surface area contributed by atoms with Crippen LogP contribution in [0.15, 0.2) is 42.5 Å². The summed E-state index contributed by atoms with van der Waals surface area (Å²) in [7, 11) is 0. The van der Waals surface area contributed by atoms with Crippen molar-refractivity contribution in [3.8, 4) is 0 Å². The maximum Gasteiger partial charge on any atom is 0.248 e. The lowest BCUT2D eigenvalue weighted by Gasteiger charge is -1.99. The van der Waals surface area contributed by atoms with Gasteiger partial charge in [0.15, 0.2) is 0 Å². The first-order chi connectivity index (χ1) is 8.33. The summed E-state index contributed by atoms with van der Waals surface area (Å²) < 4.78 is 0. The summed E-state index contributed by atoms with van der Waals surface area (Å²) in [5.41, 5.74) is 0.711. The molecule has 0 bridgehead atoms. The lowest BCUT2D eigenvalue weighted by Crippen LogP contribution is -2.07. The summed E-state index contributed by atoms with van der Waals surface area (Å²) in [6, 6.07) is 9.04. The van der Waals surface area contributed by atoms with Crippen LogP contribution in [0.2, 0.25) is 0 Å². The molecular formula is C14H21NO2. The molecule has 0 aromatic heterocycles. The number of benzene rings is 1. The van der Waals surface area contributed by atoms with Crippen molar-refractivity contribution in [1.29, 1.82) is 0 Å². The van der Waals surface area contributed by atoms with Crippen molar-refractivity contribution in [1.82, 2.24) is 0 Å². The summed E-state index contributed by atoms with van der Waals surface area (Å²) >= 11 is 0. The van der Waals surface area contributed by atoms with E-state index in [9.17, 15) is 9.59 Å². The predicted molar refractivity (Wildman–Crippen MR) is 73.0 cm³/mol. The number of aldehydes is 1. The molecule has 0 aliphatic carbocycles. The molecule has 0 saturated carbocycles. The van der Waals surface area contributed by atoms with Gasteiger partial charge in [0.25, 0.3) is 0 Å². The van der Waals surface area contributed by atoms with Gasteiger partial charge in [-0.05, 0) is 18.2 Å². The first kappa shape index (κ1) is 17.5. The van der Waals surface area contributed by atoms with Crippen LogP contribution in [0, 0.1) is 0 Å². The van der Waals surface area contributed by atoms with Crippen molar-refractivity contribution in [3.63, 3.8) is 0 Å². The van der Waals surface area contributed by atoms with Gasteiger partial charge in [-0.3, -0.25) is 9.59 Å². The SMILES string of the molecule is CC.CC.O=C/C=C\C(=O)Nc1ccccc1. The normalized spacial score (nSPS) is 8.24. The Morgan fingerprint density at radius 2 is 1.59 bits per heavy atom. The van der Waals surface area contributed by atoms with Crippen molar-refractivity contribution in [2.75, 3.05) is 5.32 Å². The molecule has 0 aliphatic heterocycles. The van der Waals surface area contributed by atoms with Crippen LogP contribution in [-0.4, -0.2) is 12.2 Å². The maximum atomic E-state index is 11.0. The fourth-order valence-corrected chi connectivity index (χ4v) is 0.832. The van der Waals surface area contributed by atoms with Gasteiger partial charge in [-0.15, -0.1) is 0 Å². The van der Waals surface area contributed by atoms with Crippen molar-refractivity contribution in [2.45, 2.75) is 27.7 Å². The van der Waals surface area contributed by atoms with E-state index in [1.807, 2.05) is 45.9 Å². The molecule has 3 heteroatoms. The summed E-state index contributed by atoms with van der Waals surface area (Å²) in [6.45, 7) is 8.00. The first-order valence-electron chi connectivity index (χ1n) is 5.81. The van der Waals surface area contributed by atoms with Gasteiger partial charge in [-0.1, -0.05) is 45.9 Å². The van der Waals surface area contributed by atoms with E-state index >= 15 is 0 Å². The molecule has 17 heavy (non-hydrogen) atoms. The van der Waals surface area contributed by atoms with Crippen LogP contribution >= 0.6 is 0 Å². The third-order valence-corrected chi connectivity index (χ3v) is 1.37. The smallest absolute Gasteiger partial charge is 0.248 e. The zero-order chi connectivity index (χ0) is 13.5. The highest BCUT2D eigenvalue weighted by molar-refractivity contribution is 6.00. The van der Waals surface area contributed by atoms with E-state index in [2.05, 4.69) is 5.32 Å². The van der Waals surface area contributed by atoms with Gasteiger partial charge in [0.2, 0.25) is 5.91 Å². The van der Waals surface area contributed by atoms with Crippen LogP contribution < -0.4 is 5.32 Å². The van der Waals surface area contributed by atoms with Gasteiger partial charge in [0.05, 0.1) is 0 Å². The lowest BCUT2D eigenvalue weighted by atomic mass is 10.3. The third-order valence-electron chi connectivity index (χ3n) is 1.37. The largest absolute Gasteiger partial charge is 0.323 e. The lowest BCUT2D eigenvalue weighted by molar-refractivity contribution is -0.112. The van der Waals surface area contributed by atoms with Gasteiger partial charge in [-0.2, -0.15) is 0 Å². The van der Waals surface area contributed by atoms with E-state index < -0.39 is 0 Å². The number of hydrogen-bond acceptors (Lipinski definition) is 2. The molecule has 1 rings (SSSR count). The number of nitrogens with one attached hydrogen (secondary N) is 1. The van der Waals surface area contributed by atoms with Crippen molar-refractivity contribution in [2.24, 2.45) is 0 Å². The van der Waals surface area contributed by atoms with Crippen molar-refractivity contribution >= 4 is 17.9 Å². The zero-order valence-corrected chi connectivity index (χ0v) is 10.9. The molecule has 1 aromatic carbocycles. The van der Waals surface area contributed by atoms with Crippen LogP contribution in [-0.2, 0) is 9.59 Å². The first-order valence-corrected chi connectivity index (χ1v) is 5.81. The minimum atomic E-state index is -0.307. The van der Waals surface area contributed by atoms with E-state index in [4.69, 9.17) is 0 Å². The third kappa shape index (κ3) is 10.4. The van der Waals surface area contributed by atoms with Gasteiger partial charge >= 0.3 is 0 Å². The second-order valence-electron chi connectivity index (χ2n) is 2.35. The summed E-state index contributed by atoms with van der Waals surface area (Å²) in [6.07, 6.45) is 2.89. The molecular weight excluding hydrogens is 214 g/mol. The highest BCUT2D eigenvalue weighted by Crippen LogP contribution is 2.04. The number of amides is 1. The summed E-state index contributed by atoms with van der Waals surface area (Å²) in [4.78, 5) is 20.9. The molecule has 94 valence electrons. The minimum Gasteiger partial charge on any atom is -0.323 e. The average Bonchev–Trinajstić information content (AvgIpc) is 2.42. The van der Waals surface area contributed by atoms with E-state index in [-0.39, 0.29) is 5.91 Å². The van der Waals surface area contributed by atoms with E-state index in [1.165, 1.54) is 6.08 Å². The Morgan fingerprint density at radius 3 is 2.06 bits per heavy atom. The molecule has 1 aromatic rings. The van der Waals surface area contributed by atoms with Crippen LogP contribution in [0.3, 0.4) is 0 Å². The van der Waals surface area contributed by atoms with Crippen molar-refractivity contribution in [3.05, 3.63) is 42.5 Å². The molecule has 0 unspecified atom stereocenters. The molecule has 0 aliphatic rings. The molecule has 0 saturated heterocycles. The van der Waals surface area contributed by atoms with Gasteiger partial charge in [0, 0.05) is 11.8 Å². The Kier molecular flexibility index (Phi) is 14.5. The maximum absolute atomic E-state index is 11.0. The predicted octanol–water partition coefficient (Wildman–Crippen LogP) is 3.43.